The predicted molar refractivity (Wildman–Crippen MR) is 67.6 cm³/mol. The molecule has 0 aliphatic rings. The van der Waals surface area contributed by atoms with Crippen molar-refractivity contribution in [2.24, 2.45) is 0 Å². The Balaban J connectivity index is 1.86. The Morgan fingerprint density at radius 1 is 1.52 bits per heavy atom. The Morgan fingerprint density at radius 3 is 3.19 bits per heavy atom. The van der Waals surface area contributed by atoms with Gasteiger partial charge in [-0.3, -0.25) is 4.79 Å². The maximum absolute atomic E-state index is 11.3. The van der Waals surface area contributed by atoms with Crippen molar-refractivity contribution in [3.63, 3.8) is 0 Å². The van der Waals surface area contributed by atoms with E-state index in [9.17, 15) is 9.59 Å². The lowest BCUT2D eigenvalue weighted by Gasteiger charge is -2.02. The summed E-state index contributed by atoms with van der Waals surface area (Å²) >= 11 is 1.14. The van der Waals surface area contributed by atoms with E-state index in [1.54, 1.807) is 6.07 Å². The van der Waals surface area contributed by atoms with Crippen LogP contribution in [0.1, 0.15) is 0 Å². The summed E-state index contributed by atoms with van der Waals surface area (Å²) in [6.45, 7) is -0.101. The number of hydrogen-bond donors (Lipinski definition) is 1. The van der Waals surface area contributed by atoms with Crippen molar-refractivity contribution < 1.29 is 9.53 Å². The molecular weight excluding hydrogens is 300 g/mol. The molecule has 0 fully saturated rings. The summed E-state index contributed by atoms with van der Waals surface area (Å²) in [5.41, 5.74) is 0.0501. The number of H-pyrrole nitrogens is 1. The number of esters is 1. The minimum Gasteiger partial charge on any atom is -0.468 e. The highest BCUT2D eigenvalue weighted by Crippen LogP contribution is 2.23. The van der Waals surface area contributed by atoms with Crippen LogP contribution in [0.3, 0.4) is 0 Å². The Kier molecular flexibility index (Phi) is 3.35. The van der Waals surface area contributed by atoms with Gasteiger partial charge in [-0.1, -0.05) is 0 Å². The van der Waals surface area contributed by atoms with Gasteiger partial charge >= 0.3 is 11.7 Å². The fraction of sp³-hybridized carbons (Fsp3) is 0.222. The third-order valence-electron chi connectivity index (χ3n) is 2.49. The molecule has 3 aromatic heterocycles. The van der Waals surface area contributed by atoms with Crippen molar-refractivity contribution in [3.8, 4) is 0 Å². The Hall–Kier alpha value is -2.76. The number of fused-ring (bicyclic) bond motifs is 1. The number of rotatable bonds is 4. The normalized spacial score (nSPS) is 10.9. The molecule has 0 unspecified atom stereocenters. The summed E-state index contributed by atoms with van der Waals surface area (Å²) in [4.78, 5) is 26.7. The average molecular weight is 308 g/mol. The number of carbonyl (C=O) groups is 1. The van der Waals surface area contributed by atoms with Crippen LogP contribution in [0.25, 0.3) is 5.65 Å². The van der Waals surface area contributed by atoms with E-state index in [-0.39, 0.29) is 12.2 Å². The van der Waals surface area contributed by atoms with Gasteiger partial charge in [0.2, 0.25) is 5.16 Å². The summed E-state index contributed by atoms with van der Waals surface area (Å²) in [6.07, 6.45) is 1.35. The first-order chi connectivity index (χ1) is 10.2. The maximum atomic E-state index is 11.3. The fourth-order valence-electron chi connectivity index (χ4n) is 1.50. The first-order valence-corrected chi connectivity index (χ1v) is 6.42. The molecule has 0 saturated carbocycles. The van der Waals surface area contributed by atoms with Gasteiger partial charge in [-0.05, 0) is 22.2 Å². The Labute approximate surface area is 120 Å². The van der Waals surface area contributed by atoms with E-state index in [0.717, 1.165) is 11.8 Å². The van der Waals surface area contributed by atoms with E-state index >= 15 is 0 Å². The lowest BCUT2D eigenvalue weighted by atomic mass is 10.6. The number of aromatic amines is 1. The van der Waals surface area contributed by atoms with Crippen LogP contribution in [0.4, 0.5) is 0 Å². The molecule has 0 atom stereocenters. The molecule has 0 aliphatic heterocycles. The number of hydrogen-bond acceptors (Lipinski definition) is 9. The summed E-state index contributed by atoms with van der Waals surface area (Å²) < 4.78 is 7.11. The van der Waals surface area contributed by atoms with Gasteiger partial charge in [0.1, 0.15) is 17.9 Å². The molecule has 108 valence electrons. The van der Waals surface area contributed by atoms with Gasteiger partial charge in [0.25, 0.3) is 0 Å². The maximum Gasteiger partial charge on any atom is 0.348 e. The first-order valence-electron chi connectivity index (χ1n) is 5.61. The van der Waals surface area contributed by atoms with E-state index < -0.39 is 5.97 Å². The van der Waals surface area contributed by atoms with Crippen molar-refractivity contribution in [1.29, 1.82) is 0 Å². The SMILES string of the molecule is COC(=O)Cn1nnnc1Sc1cc2n[nH]c(=O)n2cn1. The third kappa shape index (κ3) is 2.60. The molecule has 3 rings (SSSR count). The number of ether oxygens (including phenoxy) is 1. The van der Waals surface area contributed by atoms with Gasteiger partial charge in [0, 0.05) is 6.07 Å². The van der Waals surface area contributed by atoms with E-state index in [1.165, 1.54) is 22.5 Å². The average Bonchev–Trinajstić information content (AvgIpc) is 3.06. The van der Waals surface area contributed by atoms with Gasteiger partial charge in [-0.25, -0.2) is 24.0 Å². The van der Waals surface area contributed by atoms with Crippen LogP contribution in [0.2, 0.25) is 0 Å². The molecule has 0 amide bonds. The van der Waals surface area contributed by atoms with E-state index in [1.807, 2.05) is 0 Å². The number of methoxy groups -OCH3 is 1. The van der Waals surface area contributed by atoms with Crippen LogP contribution in [0, 0.1) is 0 Å². The van der Waals surface area contributed by atoms with Crippen molar-refractivity contribution in [2.75, 3.05) is 7.11 Å². The Morgan fingerprint density at radius 2 is 2.38 bits per heavy atom. The monoisotopic (exact) mass is 308 g/mol. The van der Waals surface area contributed by atoms with Crippen LogP contribution in [0.5, 0.6) is 0 Å². The van der Waals surface area contributed by atoms with E-state index in [0.29, 0.717) is 15.8 Å². The van der Waals surface area contributed by atoms with Gasteiger partial charge < -0.3 is 4.74 Å². The second-order valence-electron chi connectivity index (χ2n) is 3.78. The van der Waals surface area contributed by atoms with E-state index in [4.69, 9.17) is 0 Å². The lowest BCUT2D eigenvalue weighted by molar-refractivity contribution is -0.141. The molecular formula is C9H8N8O3S. The predicted octanol–water partition coefficient (Wildman–Crippen LogP) is -1.27. The molecule has 21 heavy (non-hydrogen) atoms. The minimum absolute atomic E-state index is 0.101. The lowest BCUT2D eigenvalue weighted by Crippen LogP contribution is -2.13. The zero-order chi connectivity index (χ0) is 14.8. The van der Waals surface area contributed by atoms with Crippen LogP contribution in [-0.2, 0) is 16.1 Å². The molecule has 0 aliphatic carbocycles. The fourth-order valence-corrected chi connectivity index (χ4v) is 2.23. The summed E-state index contributed by atoms with van der Waals surface area (Å²) in [5, 5.41) is 18.0. The highest BCUT2D eigenvalue weighted by atomic mass is 32.2. The van der Waals surface area contributed by atoms with Gasteiger partial charge in [0.05, 0.1) is 7.11 Å². The first kappa shape index (κ1) is 13.2. The van der Waals surface area contributed by atoms with Crippen molar-refractivity contribution in [3.05, 3.63) is 22.9 Å². The number of nitrogens with zero attached hydrogens (tertiary/aromatic N) is 7. The second-order valence-corrected chi connectivity index (χ2v) is 4.77. The number of carbonyl (C=O) groups excluding carboxylic acids is 1. The van der Waals surface area contributed by atoms with Crippen LogP contribution >= 0.6 is 11.8 Å². The van der Waals surface area contributed by atoms with Gasteiger partial charge in [-0.15, -0.1) is 5.10 Å². The number of nitrogens with one attached hydrogen (secondary N) is 1. The molecule has 0 spiro atoms. The number of aromatic nitrogens is 8. The quantitative estimate of drug-likeness (QED) is 0.462. The zero-order valence-corrected chi connectivity index (χ0v) is 11.4. The highest BCUT2D eigenvalue weighted by Gasteiger charge is 2.13. The van der Waals surface area contributed by atoms with Crippen molar-refractivity contribution >= 4 is 23.4 Å². The zero-order valence-electron chi connectivity index (χ0n) is 10.6. The molecule has 12 heteroatoms. The minimum atomic E-state index is -0.466. The second kappa shape index (κ2) is 5.32. The third-order valence-corrected chi connectivity index (χ3v) is 3.39. The van der Waals surface area contributed by atoms with Crippen LogP contribution in [0.15, 0.2) is 27.4 Å². The molecule has 3 heterocycles. The molecule has 0 bridgehead atoms. The smallest absolute Gasteiger partial charge is 0.348 e. The van der Waals surface area contributed by atoms with Gasteiger partial charge in [0.15, 0.2) is 5.65 Å². The topological polar surface area (TPSA) is 133 Å². The van der Waals surface area contributed by atoms with Gasteiger partial charge in [-0.2, -0.15) is 5.10 Å². The van der Waals surface area contributed by atoms with Crippen LogP contribution < -0.4 is 5.69 Å². The van der Waals surface area contributed by atoms with Crippen LogP contribution in [-0.4, -0.2) is 52.9 Å². The molecule has 11 nitrogen and oxygen atoms in total. The van der Waals surface area contributed by atoms with E-state index in [2.05, 4.69) is 35.4 Å². The summed E-state index contributed by atoms with van der Waals surface area (Å²) in [6, 6.07) is 1.60. The standard InChI is InChI=1S/C9H8N8O3S/c1-20-7(18)3-17-9(13-14-15-17)21-6-2-5-11-12-8(19)16(5)4-10-6/h2,4H,3H2,1H3,(H,12,19). The Bertz CT molecular complexity index is 852. The number of tetrazole rings is 1. The molecule has 0 radical (unpaired) electrons. The summed E-state index contributed by atoms with van der Waals surface area (Å²) in [7, 11) is 1.28. The highest BCUT2D eigenvalue weighted by molar-refractivity contribution is 7.99. The molecule has 3 aromatic rings. The molecule has 1 N–H and O–H groups in total. The largest absolute Gasteiger partial charge is 0.468 e. The molecule has 0 saturated heterocycles. The van der Waals surface area contributed by atoms with Crippen molar-refractivity contribution in [2.45, 2.75) is 16.7 Å². The molecule has 0 aromatic carbocycles. The van der Waals surface area contributed by atoms with Crippen molar-refractivity contribution in [1.82, 2.24) is 39.8 Å². The summed E-state index contributed by atoms with van der Waals surface area (Å²) in [5.74, 6) is -0.466.